The molecule has 2 rings (SSSR count). The van der Waals surface area contributed by atoms with Crippen molar-refractivity contribution >= 4 is 0 Å². The summed E-state index contributed by atoms with van der Waals surface area (Å²) in [6.07, 6.45) is 14.1. The Morgan fingerprint density at radius 2 is 2.05 bits per heavy atom. The molecule has 0 amide bonds. The van der Waals surface area contributed by atoms with E-state index in [1.54, 1.807) is 0 Å². The van der Waals surface area contributed by atoms with Crippen LogP contribution in [0.1, 0.15) is 70.4 Å². The summed E-state index contributed by atoms with van der Waals surface area (Å²) in [6.45, 7) is 6.86. The zero-order valence-electron chi connectivity index (χ0n) is 12.7. The van der Waals surface area contributed by atoms with Gasteiger partial charge in [0.05, 0.1) is 0 Å². The lowest BCUT2D eigenvalue weighted by molar-refractivity contribution is 0.454. The van der Waals surface area contributed by atoms with E-state index in [-0.39, 0.29) is 0 Å². The van der Waals surface area contributed by atoms with Crippen LogP contribution in [0.15, 0.2) is 18.5 Å². The summed E-state index contributed by atoms with van der Waals surface area (Å²) in [4.78, 5) is 0. The molecule has 19 heavy (non-hydrogen) atoms. The Labute approximate surface area is 118 Å². The first-order chi connectivity index (χ1) is 9.33. The van der Waals surface area contributed by atoms with Crippen LogP contribution in [-0.2, 0) is 6.54 Å². The zero-order valence-corrected chi connectivity index (χ0v) is 12.7. The average molecular weight is 262 g/mol. The van der Waals surface area contributed by atoms with Crippen LogP contribution in [-0.4, -0.2) is 11.1 Å². The quantitative estimate of drug-likeness (QED) is 0.729. The van der Waals surface area contributed by atoms with Gasteiger partial charge in [0, 0.05) is 25.0 Å². The molecule has 1 aromatic heterocycles. The molecule has 0 aromatic carbocycles. The van der Waals surface area contributed by atoms with Crippen LogP contribution in [0.5, 0.6) is 0 Å². The van der Waals surface area contributed by atoms with E-state index in [9.17, 15) is 0 Å². The van der Waals surface area contributed by atoms with Crippen molar-refractivity contribution in [1.29, 1.82) is 0 Å². The molecular formula is C17H30N2. The van der Waals surface area contributed by atoms with E-state index < -0.39 is 0 Å². The molecule has 1 heterocycles. The van der Waals surface area contributed by atoms with Crippen LogP contribution >= 0.6 is 0 Å². The highest BCUT2D eigenvalue weighted by Crippen LogP contribution is 2.27. The van der Waals surface area contributed by atoms with Gasteiger partial charge in [0.15, 0.2) is 0 Å². The molecule has 1 unspecified atom stereocenters. The summed E-state index contributed by atoms with van der Waals surface area (Å²) in [5.74, 6) is 0.925. The molecule has 1 atom stereocenters. The second-order valence-corrected chi connectivity index (χ2v) is 6.09. The first kappa shape index (κ1) is 14.6. The largest absolute Gasteiger partial charge is 0.354 e. The first-order valence-electron chi connectivity index (χ1n) is 8.22. The van der Waals surface area contributed by atoms with Crippen LogP contribution < -0.4 is 5.32 Å². The van der Waals surface area contributed by atoms with Crippen molar-refractivity contribution in [3.8, 4) is 0 Å². The molecule has 1 aliphatic rings. The summed E-state index contributed by atoms with van der Waals surface area (Å²) in [7, 11) is 0. The summed E-state index contributed by atoms with van der Waals surface area (Å²) >= 11 is 0. The lowest BCUT2D eigenvalue weighted by atomic mass is 10.1. The first-order valence-corrected chi connectivity index (χ1v) is 8.22. The van der Waals surface area contributed by atoms with Crippen molar-refractivity contribution in [3.05, 3.63) is 24.0 Å². The lowest BCUT2D eigenvalue weighted by Crippen LogP contribution is -2.21. The molecule has 0 aliphatic heterocycles. The van der Waals surface area contributed by atoms with Crippen molar-refractivity contribution in [3.63, 3.8) is 0 Å². The minimum absolute atomic E-state index is 0.551. The number of aromatic nitrogens is 1. The second-order valence-electron chi connectivity index (χ2n) is 6.09. The topological polar surface area (TPSA) is 17.0 Å². The summed E-state index contributed by atoms with van der Waals surface area (Å²) in [5.41, 5.74) is 1.48. The molecule has 0 spiro atoms. The molecule has 1 saturated carbocycles. The second kappa shape index (κ2) is 7.74. The van der Waals surface area contributed by atoms with Gasteiger partial charge >= 0.3 is 0 Å². The van der Waals surface area contributed by atoms with Gasteiger partial charge in [0.2, 0.25) is 0 Å². The van der Waals surface area contributed by atoms with Crippen LogP contribution in [0.3, 0.4) is 0 Å². The fourth-order valence-corrected chi connectivity index (χ4v) is 3.26. The molecule has 1 aromatic rings. The molecule has 108 valence electrons. The van der Waals surface area contributed by atoms with Crippen LogP contribution in [0, 0.1) is 5.92 Å². The van der Waals surface area contributed by atoms with E-state index in [2.05, 4.69) is 42.2 Å². The molecule has 0 bridgehead atoms. The SMILES string of the molecule is CCCNC(CCC)c1ccn(CC2CCCC2)c1. The smallest absolute Gasteiger partial charge is 0.0335 e. The number of nitrogens with one attached hydrogen (secondary N) is 1. The Balaban J connectivity index is 1.92. The Bertz CT molecular complexity index is 350. The lowest BCUT2D eigenvalue weighted by Gasteiger charge is -2.17. The van der Waals surface area contributed by atoms with E-state index in [1.807, 2.05) is 0 Å². The number of hydrogen-bond donors (Lipinski definition) is 1. The number of hydrogen-bond acceptors (Lipinski definition) is 1. The van der Waals surface area contributed by atoms with E-state index >= 15 is 0 Å². The van der Waals surface area contributed by atoms with E-state index in [0.29, 0.717) is 6.04 Å². The summed E-state index contributed by atoms with van der Waals surface area (Å²) < 4.78 is 2.42. The molecule has 1 fully saturated rings. The Morgan fingerprint density at radius 1 is 1.26 bits per heavy atom. The van der Waals surface area contributed by atoms with Crippen LogP contribution in [0.4, 0.5) is 0 Å². The molecule has 0 radical (unpaired) electrons. The van der Waals surface area contributed by atoms with Gasteiger partial charge in [-0.3, -0.25) is 0 Å². The predicted octanol–water partition coefficient (Wildman–Crippen LogP) is 4.52. The Kier molecular flexibility index (Phi) is 5.96. The standard InChI is InChI=1S/C17H30N2/c1-3-7-17(18-11-4-2)16-10-12-19(14-16)13-15-8-5-6-9-15/h10,12,14-15,17-18H,3-9,11,13H2,1-2H3. The summed E-state index contributed by atoms with van der Waals surface area (Å²) in [5, 5.41) is 3.68. The highest BCUT2D eigenvalue weighted by atomic mass is 15.0. The van der Waals surface area contributed by atoms with Crippen molar-refractivity contribution in [2.24, 2.45) is 5.92 Å². The minimum Gasteiger partial charge on any atom is -0.354 e. The van der Waals surface area contributed by atoms with Crippen molar-refractivity contribution in [2.45, 2.75) is 71.4 Å². The van der Waals surface area contributed by atoms with Crippen molar-refractivity contribution < 1.29 is 0 Å². The normalized spacial score (nSPS) is 18.0. The molecular weight excluding hydrogens is 232 g/mol. The fraction of sp³-hybridized carbons (Fsp3) is 0.765. The maximum absolute atomic E-state index is 3.68. The summed E-state index contributed by atoms with van der Waals surface area (Å²) in [6, 6.07) is 2.87. The monoisotopic (exact) mass is 262 g/mol. The van der Waals surface area contributed by atoms with Crippen molar-refractivity contribution in [2.75, 3.05) is 6.54 Å². The third kappa shape index (κ3) is 4.38. The van der Waals surface area contributed by atoms with Gasteiger partial charge < -0.3 is 9.88 Å². The van der Waals surface area contributed by atoms with Gasteiger partial charge in [-0.1, -0.05) is 33.1 Å². The number of rotatable bonds is 8. The number of nitrogens with zero attached hydrogens (tertiary/aromatic N) is 1. The van der Waals surface area contributed by atoms with Gasteiger partial charge in [0.1, 0.15) is 0 Å². The van der Waals surface area contributed by atoms with Crippen LogP contribution in [0.2, 0.25) is 0 Å². The van der Waals surface area contributed by atoms with Crippen LogP contribution in [0.25, 0.3) is 0 Å². The average Bonchev–Trinajstić information content (AvgIpc) is 3.07. The molecule has 0 saturated heterocycles. The Hall–Kier alpha value is -0.760. The predicted molar refractivity (Wildman–Crippen MR) is 82.3 cm³/mol. The van der Waals surface area contributed by atoms with Gasteiger partial charge in [0.25, 0.3) is 0 Å². The maximum Gasteiger partial charge on any atom is 0.0335 e. The van der Waals surface area contributed by atoms with Gasteiger partial charge in [-0.15, -0.1) is 0 Å². The third-order valence-electron chi connectivity index (χ3n) is 4.34. The van der Waals surface area contributed by atoms with Gasteiger partial charge in [-0.25, -0.2) is 0 Å². The highest BCUT2D eigenvalue weighted by Gasteiger charge is 2.16. The Morgan fingerprint density at radius 3 is 2.74 bits per heavy atom. The van der Waals surface area contributed by atoms with E-state index in [4.69, 9.17) is 0 Å². The minimum atomic E-state index is 0.551. The maximum atomic E-state index is 3.68. The van der Waals surface area contributed by atoms with Gasteiger partial charge in [-0.05, 0) is 49.8 Å². The van der Waals surface area contributed by atoms with Gasteiger partial charge in [-0.2, -0.15) is 0 Å². The molecule has 2 heteroatoms. The highest BCUT2D eigenvalue weighted by molar-refractivity contribution is 5.15. The molecule has 2 nitrogen and oxygen atoms in total. The zero-order chi connectivity index (χ0) is 13.5. The van der Waals surface area contributed by atoms with E-state index in [1.165, 1.54) is 57.1 Å². The molecule has 1 N–H and O–H groups in total. The third-order valence-corrected chi connectivity index (χ3v) is 4.34. The fourth-order valence-electron chi connectivity index (χ4n) is 3.26. The van der Waals surface area contributed by atoms with E-state index in [0.717, 1.165) is 12.5 Å². The molecule has 1 aliphatic carbocycles. The van der Waals surface area contributed by atoms with Crippen molar-refractivity contribution in [1.82, 2.24) is 9.88 Å².